The molecule has 0 aliphatic heterocycles. The van der Waals surface area contributed by atoms with Gasteiger partial charge in [0, 0.05) is 23.9 Å². The summed E-state index contributed by atoms with van der Waals surface area (Å²) in [7, 11) is 0. The van der Waals surface area contributed by atoms with Gasteiger partial charge in [0.05, 0.1) is 6.61 Å². The topological polar surface area (TPSA) is 82.0 Å². The standard InChI is InChI=1S/C15H16FNO4/c1-2-21-13-6-4-10(7-11(13)16)17-8-9-3-5-12(18)15(20)14(9)19/h3-7,17-20H,2,8H2,1H3. The maximum Gasteiger partial charge on any atom is 0.200 e. The molecule has 6 heteroatoms. The molecular formula is C15H16FNO4. The molecule has 0 spiro atoms. The summed E-state index contributed by atoms with van der Waals surface area (Å²) in [4.78, 5) is 0. The molecule has 0 fully saturated rings. The average molecular weight is 293 g/mol. The summed E-state index contributed by atoms with van der Waals surface area (Å²) >= 11 is 0. The van der Waals surface area contributed by atoms with E-state index in [0.29, 0.717) is 17.9 Å². The molecule has 0 amide bonds. The second kappa shape index (κ2) is 6.21. The maximum absolute atomic E-state index is 13.7. The van der Waals surface area contributed by atoms with Gasteiger partial charge in [-0.15, -0.1) is 0 Å². The number of aromatic hydroxyl groups is 3. The summed E-state index contributed by atoms with van der Waals surface area (Å²) in [5.74, 6) is -1.70. The summed E-state index contributed by atoms with van der Waals surface area (Å²) < 4.78 is 18.8. The smallest absolute Gasteiger partial charge is 0.200 e. The molecule has 2 aromatic rings. The lowest BCUT2D eigenvalue weighted by Crippen LogP contribution is -2.01. The zero-order valence-electron chi connectivity index (χ0n) is 11.4. The van der Waals surface area contributed by atoms with E-state index in [1.54, 1.807) is 13.0 Å². The van der Waals surface area contributed by atoms with Crippen LogP contribution in [0.3, 0.4) is 0 Å². The molecule has 2 rings (SSSR count). The van der Waals surface area contributed by atoms with Crippen LogP contribution in [0.2, 0.25) is 0 Å². The van der Waals surface area contributed by atoms with Crippen molar-refractivity contribution >= 4 is 5.69 Å². The third kappa shape index (κ3) is 3.28. The summed E-state index contributed by atoms with van der Waals surface area (Å²) in [5.41, 5.74) is 0.877. The van der Waals surface area contributed by atoms with Gasteiger partial charge >= 0.3 is 0 Å². The Hall–Kier alpha value is -2.63. The number of nitrogens with one attached hydrogen (secondary N) is 1. The van der Waals surface area contributed by atoms with Crippen molar-refractivity contribution in [2.75, 3.05) is 11.9 Å². The van der Waals surface area contributed by atoms with Crippen LogP contribution in [0.25, 0.3) is 0 Å². The zero-order valence-corrected chi connectivity index (χ0v) is 11.4. The molecule has 5 nitrogen and oxygen atoms in total. The number of phenolic OH excluding ortho intramolecular Hbond substituents is 3. The molecule has 0 aliphatic carbocycles. The van der Waals surface area contributed by atoms with Gasteiger partial charge in [0.2, 0.25) is 5.75 Å². The van der Waals surface area contributed by atoms with Crippen molar-refractivity contribution in [2.24, 2.45) is 0 Å². The Morgan fingerprint density at radius 2 is 1.86 bits per heavy atom. The molecule has 112 valence electrons. The zero-order chi connectivity index (χ0) is 15.4. The van der Waals surface area contributed by atoms with E-state index >= 15 is 0 Å². The summed E-state index contributed by atoms with van der Waals surface area (Å²) in [6, 6.07) is 7.16. The fourth-order valence-corrected chi connectivity index (χ4v) is 1.83. The lowest BCUT2D eigenvalue weighted by Gasteiger charge is -2.11. The number of anilines is 1. The van der Waals surface area contributed by atoms with Gasteiger partial charge in [-0.1, -0.05) is 0 Å². The van der Waals surface area contributed by atoms with Crippen LogP contribution in [0.1, 0.15) is 12.5 Å². The van der Waals surface area contributed by atoms with Crippen molar-refractivity contribution in [3.8, 4) is 23.0 Å². The molecule has 0 radical (unpaired) electrons. The summed E-state index contributed by atoms with van der Waals surface area (Å²) in [6.07, 6.45) is 0. The Morgan fingerprint density at radius 3 is 2.52 bits per heavy atom. The lowest BCUT2D eigenvalue weighted by atomic mass is 10.1. The molecule has 2 aromatic carbocycles. The van der Waals surface area contributed by atoms with E-state index in [2.05, 4.69) is 5.32 Å². The van der Waals surface area contributed by atoms with Gasteiger partial charge in [-0.25, -0.2) is 4.39 Å². The van der Waals surface area contributed by atoms with E-state index in [0.717, 1.165) is 0 Å². The predicted molar refractivity (Wildman–Crippen MR) is 76.3 cm³/mol. The summed E-state index contributed by atoms with van der Waals surface area (Å²) in [5, 5.41) is 31.2. The van der Waals surface area contributed by atoms with Crippen molar-refractivity contribution in [2.45, 2.75) is 13.5 Å². The maximum atomic E-state index is 13.7. The number of phenols is 3. The highest BCUT2D eigenvalue weighted by Crippen LogP contribution is 2.37. The molecule has 4 N–H and O–H groups in total. The van der Waals surface area contributed by atoms with Crippen LogP contribution in [0.15, 0.2) is 30.3 Å². The van der Waals surface area contributed by atoms with Gasteiger partial charge in [0.1, 0.15) is 0 Å². The first-order chi connectivity index (χ1) is 10.0. The molecule has 21 heavy (non-hydrogen) atoms. The van der Waals surface area contributed by atoms with Crippen LogP contribution >= 0.6 is 0 Å². The van der Waals surface area contributed by atoms with Gasteiger partial charge in [-0.05, 0) is 31.2 Å². The van der Waals surface area contributed by atoms with Gasteiger partial charge in [0.25, 0.3) is 0 Å². The number of ether oxygens (including phenoxy) is 1. The third-order valence-corrected chi connectivity index (χ3v) is 2.93. The van der Waals surface area contributed by atoms with Crippen LogP contribution in [0.4, 0.5) is 10.1 Å². The Morgan fingerprint density at radius 1 is 1.10 bits per heavy atom. The molecule has 0 saturated heterocycles. The van der Waals surface area contributed by atoms with Crippen LogP contribution in [0, 0.1) is 5.82 Å². The second-order valence-corrected chi connectivity index (χ2v) is 4.37. The first-order valence-electron chi connectivity index (χ1n) is 6.42. The first kappa shape index (κ1) is 14.8. The summed E-state index contributed by atoms with van der Waals surface area (Å²) in [6.45, 7) is 2.31. The number of benzene rings is 2. The highest BCUT2D eigenvalue weighted by molar-refractivity contribution is 5.55. The largest absolute Gasteiger partial charge is 0.504 e. The highest BCUT2D eigenvalue weighted by Gasteiger charge is 2.11. The third-order valence-electron chi connectivity index (χ3n) is 2.93. The Balaban J connectivity index is 2.10. The normalized spacial score (nSPS) is 10.4. The number of rotatable bonds is 5. The Kier molecular flexibility index (Phi) is 4.37. The van der Waals surface area contributed by atoms with Crippen LogP contribution in [-0.4, -0.2) is 21.9 Å². The fraction of sp³-hybridized carbons (Fsp3) is 0.200. The Bertz CT molecular complexity index is 646. The first-order valence-corrected chi connectivity index (χ1v) is 6.42. The lowest BCUT2D eigenvalue weighted by molar-refractivity contribution is 0.321. The van der Waals surface area contributed by atoms with E-state index in [1.165, 1.54) is 24.3 Å². The van der Waals surface area contributed by atoms with Crippen molar-refractivity contribution in [3.63, 3.8) is 0 Å². The van der Waals surface area contributed by atoms with E-state index in [-0.39, 0.29) is 12.3 Å². The Labute approximate surface area is 121 Å². The quantitative estimate of drug-likeness (QED) is 0.637. The van der Waals surface area contributed by atoms with Gasteiger partial charge in [0.15, 0.2) is 23.1 Å². The molecular weight excluding hydrogens is 277 g/mol. The van der Waals surface area contributed by atoms with Gasteiger partial charge in [-0.2, -0.15) is 0 Å². The SMILES string of the molecule is CCOc1ccc(NCc2ccc(O)c(O)c2O)cc1F. The van der Waals surface area contributed by atoms with Crippen molar-refractivity contribution in [3.05, 3.63) is 41.7 Å². The van der Waals surface area contributed by atoms with Crippen LogP contribution in [-0.2, 0) is 6.54 Å². The number of halogens is 1. The molecule has 0 atom stereocenters. The molecule has 0 saturated carbocycles. The predicted octanol–water partition coefficient (Wildman–Crippen LogP) is 2.95. The van der Waals surface area contributed by atoms with E-state index in [4.69, 9.17) is 4.74 Å². The van der Waals surface area contributed by atoms with E-state index in [1.807, 2.05) is 0 Å². The molecule has 0 aliphatic rings. The minimum Gasteiger partial charge on any atom is -0.504 e. The molecule has 0 bridgehead atoms. The van der Waals surface area contributed by atoms with Crippen molar-refractivity contribution in [1.82, 2.24) is 0 Å². The van der Waals surface area contributed by atoms with E-state index in [9.17, 15) is 19.7 Å². The number of hydrogen-bond donors (Lipinski definition) is 4. The van der Waals surface area contributed by atoms with Gasteiger partial charge < -0.3 is 25.4 Å². The minimum atomic E-state index is -0.577. The number of hydrogen-bond acceptors (Lipinski definition) is 5. The molecule has 0 aromatic heterocycles. The van der Waals surface area contributed by atoms with Crippen LogP contribution in [0.5, 0.6) is 23.0 Å². The highest BCUT2D eigenvalue weighted by atomic mass is 19.1. The monoisotopic (exact) mass is 293 g/mol. The average Bonchev–Trinajstić information content (AvgIpc) is 2.47. The van der Waals surface area contributed by atoms with Crippen LogP contribution < -0.4 is 10.1 Å². The molecule has 0 heterocycles. The fourth-order valence-electron chi connectivity index (χ4n) is 1.83. The van der Waals surface area contributed by atoms with Crippen molar-refractivity contribution in [1.29, 1.82) is 0 Å². The van der Waals surface area contributed by atoms with Crippen molar-refractivity contribution < 1.29 is 24.4 Å². The van der Waals surface area contributed by atoms with Gasteiger partial charge in [-0.3, -0.25) is 0 Å². The minimum absolute atomic E-state index is 0.160. The molecule has 0 unspecified atom stereocenters. The second-order valence-electron chi connectivity index (χ2n) is 4.37. The van der Waals surface area contributed by atoms with E-state index < -0.39 is 23.1 Å².